The van der Waals surface area contributed by atoms with Crippen molar-refractivity contribution >= 4 is 6.09 Å². The standard InChI is InChI=1S/C11H19F3N2O2/c1-9(2,3)18-8(17)16-5-4-10(6-15,7-16)11(12,13)14/h4-7,15H2,1-3H3/t10-/m1/s1. The molecule has 106 valence electrons. The molecular weight excluding hydrogens is 249 g/mol. The normalized spacial score (nSPS) is 25.4. The molecule has 0 saturated carbocycles. The maximum Gasteiger partial charge on any atom is 0.410 e. The molecule has 0 spiro atoms. The number of likely N-dealkylation sites (tertiary alicyclic amines) is 1. The van der Waals surface area contributed by atoms with Crippen LogP contribution in [0, 0.1) is 5.41 Å². The fraction of sp³-hybridized carbons (Fsp3) is 0.909. The van der Waals surface area contributed by atoms with Crippen LogP contribution >= 0.6 is 0 Å². The lowest BCUT2D eigenvalue weighted by Crippen LogP contribution is -2.47. The van der Waals surface area contributed by atoms with Crippen LogP contribution in [0.5, 0.6) is 0 Å². The first-order valence-corrected chi connectivity index (χ1v) is 5.75. The van der Waals surface area contributed by atoms with Gasteiger partial charge in [-0.15, -0.1) is 0 Å². The summed E-state index contributed by atoms with van der Waals surface area (Å²) in [7, 11) is 0. The molecule has 1 amide bonds. The van der Waals surface area contributed by atoms with E-state index in [1.807, 2.05) is 0 Å². The maximum absolute atomic E-state index is 12.9. The Bertz CT molecular complexity index is 325. The Balaban J connectivity index is 2.74. The van der Waals surface area contributed by atoms with Crippen molar-refractivity contribution in [1.82, 2.24) is 4.90 Å². The van der Waals surface area contributed by atoms with E-state index in [1.165, 1.54) is 0 Å². The van der Waals surface area contributed by atoms with E-state index in [0.29, 0.717) is 0 Å². The number of nitrogens with two attached hydrogens (primary N) is 1. The van der Waals surface area contributed by atoms with Crippen LogP contribution in [0.15, 0.2) is 0 Å². The van der Waals surface area contributed by atoms with Crippen molar-refractivity contribution in [3.63, 3.8) is 0 Å². The van der Waals surface area contributed by atoms with E-state index in [0.717, 1.165) is 4.90 Å². The van der Waals surface area contributed by atoms with E-state index in [-0.39, 0.29) is 13.0 Å². The molecule has 0 aromatic heterocycles. The Morgan fingerprint density at radius 3 is 2.28 bits per heavy atom. The number of halogens is 3. The van der Waals surface area contributed by atoms with Gasteiger partial charge in [0.15, 0.2) is 0 Å². The summed E-state index contributed by atoms with van der Waals surface area (Å²) in [5, 5.41) is 0. The molecule has 1 atom stereocenters. The van der Waals surface area contributed by atoms with Crippen molar-refractivity contribution in [3.05, 3.63) is 0 Å². The third-order valence-corrected chi connectivity index (χ3v) is 3.00. The van der Waals surface area contributed by atoms with Gasteiger partial charge in [-0.3, -0.25) is 0 Å². The van der Waals surface area contributed by atoms with Crippen molar-refractivity contribution in [2.45, 2.75) is 39.0 Å². The van der Waals surface area contributed by atoms with Crippen molar-refractivity contribution in [2.24, 2.45) is 11.1 Å². The monoisotopic (exact) mass is 268 g/mol. The smallest absolute Gasteiger partial charge is 0.410 e. The predicted octanol–water partition coefficient (Wildman–Crippen LogP) is 2.13. The Hall–Kier alpha value is -0.980. The van der Waals surface area contributed by atoms with E-state index in [1.54, 1.807) is 20.8 Å². The number of rotatable bonds is 1. The van der Waals surface area contributed by atoms with Crippen LogP contribution in [-0.2, 0) is 4.74 Å². The first kappa shape index (κ1) is 15.1. The highest BCUT2D eigenvalue weighted by Crippen LogP contribution is 2.44. The molecule has 0 bridgehead atoms. The Morgan fingerprint density at radius 2 is 1.94 bits per heavy atom. The van der Waals surface area contributed by atoms with Crippen molar-refractivity contribution in [3.8, 4) is 0 Å². The lowest BCUT2D eigenvalue weighted by molar-refractivity contribution is -0.215. The summed E-state index contributed by atoms with van der Waals surface area (Å²) < 4.78 is 43.8. The zero-order valence-corrected chi connectivity index (χ0v) is 10.8. The minimum atomic E-state index is -4.40. The number of amides is 1. The van der Waals surface area contributed by atoms with E-state index < -0.39 is 36.4 Å². The molecule has 0 aromatic carbocycles. The second-order valence-electron chi connectivity index (χ2n) is 5.63. The molecular formula is C11H19F3N2O2. The van der Waals surface area contributed by atoms with Gasteiger partial charge in [-0.2, -0.15) is 13.2 Å². The molecule has 7 heteroatoms. The summed E-state index contributed by atoms with van der Waals surface area (Å²) in [5.74, 6) is 0. The highest BCUT2D eigenvalue weighted by Gasteiger charge is 2.58. The molecule has 0 unspecified atom stereocenters. The molecule has 18 heavy (non-hydrogen) atoms. The van der Waals surface area contributed by atoms with Crippen LogP contribution < -0.4 is 5.73 Å². The SMILES string of the molecule is CC(C)(C)OC(=O)N1CC[C@](CN)(C(F)(F)F)C1. The largest absolute Gasteiger partial charge is 0.444 e. The first-order chi connectivity index (χ1) is 8.01. The second kappa shape index (κ2) is 4.60. The van der Waals surface area contributed by atoms with Gasteiger partial charge in [0.2, 0.25) is 0 Å². The number of hydrogen-bond acceptors (Lipinski definition) is 3. The van der Waals surface area contributed by atoms with Gasteiger partial charge < -0.3 is 15.4 Å². The average Bonchev–Trinajstić information content (AvgIpc) is 2.59. The molecule has 0 aromatic rings. The quantitative estimate of drug-likeness (QED) is 0.792. The summed E-state index contributed by atoms with van der Waals surface area (Å²) in [4.78, 5) is 12.8. The van der Waals surface area contributed by atoms with Gasteiger partial charge in [0.1, 0.15) is 5.60 Å². The lowest BCUT2D eigenvalue weighted by atomic mass is 9.86. The van der Waals surface area contributed by atoms with Gasteiger partial charge in [-0.1, -0.05) is 0 Å². The van der Waals surface area contributed by atoms with E-state index in [4.69, 9.17) is 10.5 Å². The third kappa shape index (κ3) is 3.07. The first-order valence-electron chi connectivity index (χ1n) is 5.75. The lowest BCUT2D eigenvalue weighted by Gasteiger charge is -2.30. The Kier molecular flexibility index (Phi) is 3.86. The molecule has 4 nitrogen and oxygen atoms in total. The summed E-state index contributed by atoms with van der Waals surface area (Å²) in [6.07, 6.45) is -5.30. The molecule has 1 aliphatic heterocycles. The Morgan fingerprint density at radius 1 is 1.39 bits per heavy atom. The van der Waals surface area contributed by atoms with Crippen molar-refractivity contribution < 1.29 is 22.7 Å². The number of nitrogens with zero attached hydrogens (tertiary/aromatic N) is 1. The minimum Gasteiger partial charge on any atom is -0.444 e. The maximum atomic E-state index is 12.9. The molecule has 0 aliphatic carbocycles. The summed E-state index contributed by atoms with van der Waals surface area (Å²) >= 11 is 0. The molecule has 2 N–H and O–H groups in total. The zero-order chi connectivity index (χ0) is 14.2. The van der Waals surface area contributed by atoms with Crippen molar-refractivity contribution in [1.29, 1.82) is 0 Å². The fourth-order valence-electron chi connectivity index (χ4n) is 1.87. The van der Waals surface area contributed by atoms with Crippen molar-refractivity contribution in [2.75, 3.05) is 19.6 Å². The highest BCUT2D eigenvalue weighted by molar-refractivity contribution is 5.68. The number of hydrogen-bond donors (Lipinski definition) is 1. The summed E-state index contributed by atoms with van der Waals surface area (Å²) in [6, 6.07) is 0. The number of carbonyl (C=O) groups excluding carboxylic acids is 1. The average molecular weight is 268 g/mol. The molecule has 1 saturated heterocycles. The molecule has 1 heterocycles. The van der Waals surface area contributed by atoms with E-state index in [2.05, 4.69) is 0 Å². The highest BCUT2D eigenvalue weighted by atomic mass is 19.4. The van der Waals surface area contributed by atoms with Crippen LogP contribution in [0.25, 0.3) is 0 Å². The van der Waals surface area contributed by atoms with E-state index >= 15 is 0 Å². The second-order valence-corrected chi connectivity index (χ2v) is 5.63. The summed E-state index contributed by atoms with van der Waals surface area (Å²) in [5.41, 5.74) is 2.53. The van der Waals surface area contributed by atoms with Crippen LogP contribution in [0.3, 0.4) is 0 Å². The predicted molar refractivity (Wildman–Crippen MR) is 60.0 cm³/mol. The zero-order valence-electron chi connectivity index (χ0n) is 10.8. The minimum absolute atomic E-state index is 0.0195. The molecule has 1 rings (SSSR count). The summed E-state index contributed by atoms with van der Waals surface area (Å²) in [6.45, 7) is 4.08. The van der Waals surface area contributed by atoms with Gasteiger partial charge >= 0.3 is 12.3 Å². The fourth-order valence-corrected chi connectivity index (χ4v) is 1.87. The Labute approximate surface area is 104 Å². The van der Waals surface area contributed by atoms with Gasteiger partial charge in [0.25, 0.3) is 0 Å². The number of ether oxygens (including phenoxy) is 1. The molecule has 0 radical (unpaired) electrons. The van der Waals surface area contributed by atoms with Gasteiger partial charge in [-0.05, 0) is 27.2 Å². The number of carbonyl (C=O) groups is 1. The third-order valence-electron chi connectivity index (χ3n) is 3.00. The number of alkyl halides is 3. The van der Waals surface area contributed by atoms with Crippen LogP contribution in [0.2, 0.25) is 0 Å². The van der Waals surface area contributed by atoms with Gasteiger partial charge in [-0.25, -0.2) is 4.79 Å². The van der Waals surface area contributed by atoms with Crippen LogP contribution in [0.1, 0.15) is 27.2 Å². The molecule has 1 aliphatic rings. The molecule has 1 fully saturated rings. The van der Waals surface area contributed by atoms with Gasteiger partial charge in [0.05, 0.1) is 5.41 Å². The van der Waals surface area contributed by atoms with E-state index in [9.17, 15) is 18.0 Å². The van der Waals surface area contributed by atoms with Crippen LogP contribution in [0.4, 0.5) is 18.0 Å². The van der Waals surface area contributed by atoms with Gasteiger partial charge in [0, 0.05) is 19.6 Å². The topological polar surface area (TPSA) is 55.6 Å². The van der Waals surface area contributed by atoms with Crippen LogP contribution in [-0.4, -0.2) is 42.4 Å².